The number of Topliss-reactive ketones (excluding diaryl/α,β-unsaturated/α-hetero) is 1. The van der Waals surface area contributed by atoms with Crippen LogP contribution in [-0.2, 0) is 15.6 Å². The van der Waals surface area contributed by atoms with Crippen molar-refractivity contribution in [3.63, 3.8) is 0 Å². The van der Waals surface area contributed by atoms with Gasteiger partial charge in [-0.05, 0) is 40.4 Å². The lowest BCUT2D eigenvalue weighted by Gasteiger charge is -2.31. The molecule has 0 heterocycles. The second-order valence-corrected chi connectivity index (χ2v) is 10.0. The second kappa shape index (κ2) is 8.32. The highest BCUT2D eigenvalue weighted by Crippen LogP contribution is 2.41. The van der Waals surface area contributed by atoms with Crippen molar-refractivity contribution in [1.29, 1.82) is 0 Å². The van der Waals surface area contributed by atoms with Gasteiger partial charge in [0.2, 0.25) is 0 Å². The third-order valence-corrected chi connectivity index (χ3v) is 5.29. The molecule has 0 fully saturated rings. The van der Waals surface area contributed by atoms with Gasteiger partial charge in [0, 0.05) is 5.92 Å². The van der Waals surface area contributed by atoms with E-state index in [1.165, 1.54) is 0 Å². The Morgan fingerprint density at radius 1 is 1.00 bits per heavy atom. The monoisotopic (exact) mass is 376 g/mol. The number of unbranched alkanes of at least 4 members (excludes halogenated alkanes) is 2. The normalized spacial score (nSPS) is 14.3. The number of carbonyl (C=O) groups is 1. The maximum atomic E-state index is 13.1. The number of hydrogen-bond donors (Lipinski definition) is 3. The highest BCUT2D eigenvalue weighted by atomic mass is 16.3. The van der Waals surface area contributed by atoms with Gasteiger partial charge in [-0.1, -0.05) is 80.4 Å². The van der Waals surface area contributed by atoms with E-state index in [4.69, 9.17) is 11.5 Å². The summed E-state index contributed by atoms with van der Waals surface area (Å²) in [5.41, 5.74) is 13.1. The van der Waals surface area contributed by atoms with Crippen molar-refractivity contribution in [2.75, 3.05) is 0 Å². The quantitative estimate of drug-likeness (QED) is 0.468. The van der Waals surface area contributed by atoms with Crippen molar-refractivity contribution in [3.05, 3.63) is 28.8 Å². The summed E-state index contributed by atoms with van der Waals surface area (Å²) in [6, 6.07) is 3.88. The average Bonchev–Trinajstić information content (AvgIpc) is 2.51. The molecule has 27 heavy (non-hydrogen) atoms. The number of hydrogen-bond acceptors (Lipinski definition) is 4. The fraction of sp³-hybridized carbons (Fsp3) is 0.696. The summed E-state index contributed by atoms with van der Waals surface area (Å²) in [5.74, 6) is -0.262. The number of phenols is 1. The zero-order valence-corrected chi connectivity index (χ0v) is 18.6. The van der Waals surface area contributed by atoms with Gasteiger partial charge in [0.15, 0.2) is 5.78 Å². The Kier molecular flexibility index (Phi) is 7.29. The number of phenolic OH excluding ortho intramolecular Hbond substituents is 1. The number of rotatable bonds is 7. The number of nitrogens with two attached hydrogens (primary N) is 2. The van der Waals surface area contributed by atoms with Crippen LogP contribution in [0.15, 0.2) is 12.1 Å². The first-order valence-electron chi connectivity index (χ1n) is 10.1. The van der Waals surface area contributed by atoms with Gasteiger partial charge in [0.05, 0.1) is 0 Å². The molecule has 1 atom stereocenters. The van der Waals surface area contributed by atoms with Crippen LogP contribution in [0, 0.1) is 0 Å². The minimum atomic E-state index is -1.32. The second-order valence-electron chi connectivity index (χ2n) is 10.0. The SMILES string of the molecule is CCCCCC(N)(N)C(=O)C(C)c1cc(C(C)(C)C)c(O)c(C(C)(C)C)c1. The fourth-order valence-electron chi connectivity index (χ4n) is 3.40. The molecule has 0 spiro atoms. The van der Waals surface area contributed by atoms with E-state index in [0.29, 0.717) is 12.2 Å². The van der Waals surface area contributed by atoms with Crippen LogP contribution in [0.4, 0.5) is 0 Å². The first kappa shape index (κ1) is 23.6. The summed E-state index contributed by atoms with van der Waals surface area (Å²) >= 11 is 0. The van der Waals surface area contributed by atoms with Gasteiger partial charge in [-0.25, -0.2) is 0 Å². The van der Waals surface area contributed by atoms with Crippen molar-refractivity contribution in [2.24, 2.45) is 11.5 Å². The molecule has 0 saturated heterocycles. The molecule has 1 aromatic carbocycles. The first-order chi connectivity index (χ1) is 12.1. The van der Waals surface area contributed by atoms with Gasteiger partial charge < -0.3 is 16.6 Å². The molecule has 0 aromatic heterocycles. The highest BCUT2D eigenvalue weighted by Gasteiger charge is 2.35. The lowest BCUT2D eigenvalue weighted by atomic mass is 9.76. The molecule has 1 aromatic rings. The zero-order chi connectivity index (χ0) is 21.2. The third kappa shape index (κ3) is 5.79. The van der Waals surface area contributed by atoms with Crippen molar-refractivity contribution in [2.45, 2.75) is 103 Å². The molecule has 0 bridgehead atoms. The number of carbonyl (C=O) groups excluding carboxylic acids is 1. The Morgan fingerprint density at radius 3 is 1.81 bits per heavy atom. The summed E-state index contributed by atoms with van der Waals surface area (Å²) in [6.07, 6.45) is 3.40. The molecule has 0 aliphatic heterocycles. The van der Waals surface area contributed by atoms with Gasteiger partial charge >= 0.3 is 0 Å². The minimum absolute atomic E-state index is 0.149. The Balaban J connectivity index is 3.38. The Bertz CT molecular complexity index is 629. The lowest BCUT2D eigenvalue weighted by molar-refractivity contribution is -0.125. The van der Waals surface area contributed by atoms with E-state index in [-0.39, 0.29) is 16.6 Å². The summed E-state index contributed by atoms with van der Waals surface area (Å²) < 4.78 is 0. The van der Waals surface area contributed by atoms with Crippen molar-refractivity contribution in [1.82, 2.24) is 0 Å². The maximum absolute atomic E-state index is 13.1. The van der Waals surface area contributed by atoms with E-state index >= 15 is 0 Å². The van der Waals surface area contributed by atoms with Crippen LogP contribution in [0.2, 0.25) is 0 Å². The Labute approximate surface area is 165 Å². The maximum Gasteiger partial charge on any atom is 0.174 e. The van der Waals surface area contributed by atoms with E-state index in [0.717, 1.165) is 36.0 Å². The smallest absolute Gasteiger partial charge is 0.174 e. The molecule has 5 N–H and O–H groups in total. The third-order valence-electron chi connectivity index (χ3n) is 5.29. The van der Waals surface area contributed by atoms with E-state index < -0.39 is 11.6 Å². The standard InChI is InChI=1S/C23H40N2O2/c1-9-10-11-12-23(24,25)20(27)15(2)16-13-17(21(3,4)5)19(26)18(14-16)22(6,7)8/h13-15,26H,9-12,24-25H2,1-8H3. The van der Waals surface area contributed by atoms with Crippen LogP contribution in [0.1, 0.15) is 104 Å². The van der Waals surface area contributed by atoms with Crippen LogP contribution in [0.5, 0.6) is 5.75 Å². The van der Waals surface area contributed by atoms with Crippen molar-refractivity contribution >= 4 is 5.78 Å². The number of aromatic hydroxyl groups is 1. The van der Waals surface area contributed by atoms with Crippen molar-refractivity contribution < 1.29 is 9.90 Å². The predicted octanol–water partition coefficient (Wildman–Crippen LogP) is 4.85. The van der Waals surface area contributed by atoms with E-state index in [1.54, 1.807) is 0 Å². The molecule has 1 unspecified atom stereocenters. The predicted molar refractivity (Wildman–Crippen MR) is 114 cm³/mol. The fourth-order valence-corrected chi connectivity index (χ4v) is 3.40. The van der Waals surface area contributed by atoms with E-state index in [1.807, 2.05) is 19.1 Å². The van der Waals surface area contributed by atoms with Gasteiger partial charge in [-0.15, -0.1) is 0 Å². The number of benzene rings is 1. The molecule has 0 aliphatic rings. The Hall–Kier alpha value is -1.39. The molecule has 4 heteroatoms. The lowest BCUT2D eigenvalue weighted by Crippen LogP contribution is -2.57. The highest BCUT2D eigenvalue weighted by molar-refractivity contribution is 5.93. The molecule has 4 nitrogen and oxygen atoms in total. The molecule has 0 saturated carbocycles. The molecule has 0 radical (unpaired) electrons. The van der Waals surface area contributed by atoms with Crippen molar-refractivity contribution in [3.8, 4) is 5.75 Å². The molecule has 0 aliphatic carbocycles. The average molecular weight is 377 g/mol. The molecular formula is C23H40N2O2. The van der Waals surface area contributed by atoms with E-state index in [9.17, 15) is 9.90 Å². The van der Waals surface area contributed by atoms with Crippen LogP contribution in [0.3, 0.4) is 0 Å². The molecule has 1 rings (SSSR count). The van der Waals surface area contributed by atoms with Crippen LogP contribution >= 0.6 is 0 Å². The molecule has 154 valence electrons. The zero-order valence-electron chi connectivity index (χ0n) is 18.6. The van der Waals surface area contributed by atoms with Crippen LogP contribution in [-0.4, -0.2) is 16.6 Å². The molecule has 0 amide bonds. The van der Waals surface area contributed by atoms with Gasteiger partial charge in [0.1, 0.15) is 11.4 Å². The first-order valence-corrected chi connectivity index (χ1v) is 10.1. The van der Waals surface area contributed by atoms with Gasteiger partial charge in [0.25, 0.3) is 0 Å². The Morgan fingerprint density at radius 2 is 1.44 bits per heavy atom. The summed E-state index contributed by atoms with van der Waals surface area (Å²) in [7, 11) is 0. The van der Waals surface area contributed by atoms with E-state index in [2.05, 4.69) is 48.5 Å². The van der Waals surface area contributed by atoms with Gasteiger partial charge in [-0.3, -0.25) is 4.79 Å². The number of ketones is 1. The summed E-state index contributed by atoms with van der Waals surface area (Å²) in [6.45, 7) is 16.3. The minimum Gasteiger partial charge on any atom is -0.507 e. The summed E-state index contributed by atoms with van der Waals surface area (Å²) in [4.78, 5) is 13.1. The van der Waals surface area contributed by atoms with Crippen LogP contribution in [0.25, 0.3) is 0 Å². The summed E-state index contributed by atoms with van der Waals surface area (Å²) in [5, 5.41) is 10.9. The van der Waals surface area contributed by atoms with Crippen LogP contribution < -0.4 is 11.5 Å². The molecular weight excluding hydrogens is 336 g/mol. The topological polar surface area (TPSA) is 89.3 Å². The van der Waals surface area contributed by atoms with Gasteiger partial charge in [-0.2, -0.15) is 0 Å². The largest absolute Gasteiger partial charge is 0.507 e.